The molecule has 0 amide bonds. The average Bonchev–Trinajstić information content (AvgIpc) is 2.12. The van der Waals surface area contributed by atoms with Crippen LogP contribution in [0.5, 0.6) is 0 Å². The van der Waals surface area contributed by atoms with E-state index in [1.165, 1.54) is 5.56 Å². The van der Waals surface area contributed by atoms with Gasteiger partial charge in [-0.2, -0.15) is 0 Å². The molecule has 1 nitrogen and oxygen atoms in total. The summed E-state index contributed by atoms with van der Waals surface area (Å²) in [7, 11) is 0. The highest BCUT2D eigenvalue weighted by atomic mass is 16.1. The molecule has 1 heteroatoms. The van der Waals surface area contributed by atoms with E-state index in [1.54, 1.807) is 0 Å². The predicted octanol–water partition coefficient (Wildman–Crippen LogP) is 2.45. The highest BCUT2D eigenvalue weighted by Crippen LogP contribution is 2.24. The number of carbonyl (C=O) groups excluding carboxylic acids is 1. The molecule has 1 aromatic carbocycles. The van der Waals surface area contributed by atoms with Gasteiger partial charge in [-0.15, -0.1) is 0 Å². The van der Waals surface area contributed by atoms with Crippen molar-refractivity contribution >= 4 is 5.78 Å². The number of fused-ring (bicyclic) bond motifs is 1. The molecule has 0 saturated carbocycles. The lowest BCUT2D eigenvalue weighted by molar-refractivity contribution is 0.0913. The van der Waals surface area contributed by atoms with Gasteiger partial charge in [0.1, 0.15) is 0 Å². The van der Waals surface area contributed by atoms with Crippen LogP contribution in [0.4, 0.5) is 0 Å². The second-order valence-electron chi connectivity index (χ2n) is 3.46. The Morgan fingerprint density at radius 1 is 1.33 bits per heavy atom. The molecule has 0 saturated heterocycles. The van der Waals surface area contributed by atoms with Crippen LogP contribution in [0.25, 0.3) is 0 Å². The standard InChI is InChI=1S/C11H12O/c1-8-6-7-9-4-2-3-5-10(9)11(8)12/h2-5,8H,6-7H2,1H3/t8-/m1/s1. The van der Waals surface area contributed by atoms with E-state index >= 15 is 0 Å². The molecule has 0 unspecified atom stereocenters. The van der Waals surface area contributed by atoms with Crippen LogP contribution < -0.4 is 0 Å². The van der Waals surface area contributed by atoms with Gasteiger partial charge in [0.2, 0.25) is 0 Å². The molecule has 0 aromatic heterocycles. The molecule has 0 aliphatic heterocycles. The highest BCUT2D eigenvalue weighted by molar-refractivity contribution is 5.99. The first-order chi connectivity index (χ1) is 5.79. The van der Waals surface area contributed by atoms with Crippen molar-refractivity contribution < 1.29 is 4.79 Å². The largest absolute Gasteiger partial charge is 0.294 e. The minimum absolute atomic E-state index is 0.222. The number of ketones is 1. The van der Waals surface area contributed by atoms with E-state index in [0.29, 0.717) is 5.78 Å². The average molecular weight is 160 g/mol. The fraction of sp³-hybridized carbons (Fsp3) is 0.364. The Labute approximate surface area is 72.4 Å². The van der Waals surface area contributed by atoms with Gasteiger partial charge in [-0.1, -0.05) is 31.2 Å². The number of benzene rings is 1. The van der Waals surface area contributed by atoms with Gasteiger partial charge < -0.3 is 0 Å². The van der Waals surface area contributed by atoms with Gasteiger partial charge in [0.15, 0.2) is 5.78 Å². The number of Topliss-reactive ketones (excluding diaryl/α,β-unsaturated/α-hetero) is 1. The molecule has 0 radical (unpaired) electrons. The summed E-state index contributed by atoms with van der Waals surface area (Å²) in [6.07, 6.45) is 2.07. The molecule has 0 fully saturated rings. The Balaban J connectivity index is 2.49. The number of hydrogen-bond acceptors (Lipinski definition) is 1. The van der Waals surface area contributed by atoms with Gasteiger partial charge in [-0.3, -0.25) is 4.79 Å². The van der Waals surface area contributed by atoms with E-state index in [-0.39, 0.29) is 5.92 Å². The van der Waals surface area contributed by atoms with Crippen molar-refractivity contribution in [1.29, 1.82) is 0 Å². The molecular weight excluding hydrogens is 148 g/mol. The van der Waals surface area contributed by atoms with Gasteiger partial charge >= 0.3 is 0 Å². The molecule has 0 bridgehead atoms. The third-order valence-electron chi connectivity index (χ3n) is 2.58. The fourth-order valence-corrected chi connectivity index (χ4v) is 1.75. The summed E-state index contributed by atoms with van der Waals surface area (Å²) in [6, 6.07) is 7.93. The second-order valence-corrected chi connectivity index (χ2v) is 3.46. The summed E-state index contributed by atoms with van der Waals surface area (Å²) >= 11 is 0. The monoisotopic (exact) mass is 160 g/mol. The predicted molar refractivity (Wildman–Crippen MR) is 48.3 cm³/mol. The molecule has 1 aliphatic rings. The molecule has 1 aromatic rings. The van der Waals surface area contributed by atoms with Crippen molar-refractivity contribution in [3.05, 3.63) is 35.4 Å². The summed E-state index contributed by atoms with van der Waals surface area (Å²) in [5, 5.41) is 0. The Hall–Kier alpha value is -1.11. The first kappa shape index (κ1) is 7.53. The second kappa shape index (κ2) is 2.74. The zero-order valence-corrected chi connectivity index (χ0v) is 7.21. The number of hydrogen-bond donors (Lipinski definition) is 0. The fourth-order valence-electron chi connectivity index (χ4n) is 1.75. The van der Waals surface area contributed by atoms with Crippen molar-refractivity contribution in [1.82, 2.24) is 0 Å². The molecule has 12 heavy (non-hydrogen) atoms. The molecule has 0 heterocycles. The zero-order valence-electron chi connectivity index (χ0n) is 7.21. The Bertz CT molecular complexity index is 315. The molecule has 0 spiro atoms. The van der Waals surface area contributed by atoms with Gasteiger partial charge in [-0.05, 0) is 18.4 Å². The Morgan fingerprint density at radius 3 is 2.92 bits per heavy atom. The maximum absolute atomic E-state index is 11.6. The lowest BCUT2D eigenvalue weighted by Crippen LogP contribution is -2.19. The van der Waals surface area contributed by atoms with Crippen LogP contribution in [0, 0.1) is 5.92 Å². The number of aryl methyl sites for hydroxylation is 1. The van der Waals surface area contributed by atoms with Gasteiger partial charge in [0.25, 0.3) is 0 Å². The minimum Gasteiger partial charge on any atom is -0.294 e. The molecule has 2 rings (SSSR count). The van der Waals surface area contributed by atoms with Gasteiger partial charge in [0, 0.05) is 11.5 Å². The SMILES string of the molecule is C[C@@H]1CCc2ccccc2C1=O. The van der Waals surface area contributed by atoms with Crippen LogP contribution in [-0.4, -0.2) is 5.78 Å². The van der Waals surface area contributed by atoms with E-state index in [1.807, 2.05) is 25.1 Å². The van der Waals surface area contributed by atoms with E-state index in [9.17, 15) is 4.79 Å². The first-order valence-electron chi connectivity index (χ1n) is 4.41. The van der Waals surface area contributed by atoms with Crippen LogP contribution in [-0.2, 0) is 6.42 Å². The van der Waals surface area contributed by atoms with Crippen LogP contribution in [0.2, 0.25) is 0 Å². The Kier molecular flexibility index (Phi) is 1.72. The summed E-state index contributed by atoms with van der Waals surface area (Å²) < 4.78 is 0. The van der Waals surface area contributed by atoms with Crippen molar-refractivity contribution in [2.24, 2.45) is 5.92 Å². The zero-order chi connectivity index (χ0) is 8.55. The molecule has 0 N–H and O–H groups in total. The minimum atomic E-state index is 0.222. The first-order valence-corrected chi connectivity index (χ1v) is 4.41. The maximum Gasteiger partial charge on any atom is 0.165 e. The number of rotatable bonds is 0. The van der Waals surface area contributed by atoms with Crippen molar-refractivity contribution in [3.8, 4) is 0 Å². The topological polar surface area (TPSA) is 17.1 Å². The molecular formula is C11H12O. The van der Waals surface area contributed by atoms with Crippen LogP contribution >= 0.6 is 0 Å². The van der Waals surface area contributed by atoms with E-state index in [4.69, 9.17) is 0 Å². The van der Waals surface area contributed by atoms with Crippen LogP contribution in [0.1, 0.15) is 29.3 Å². The summed E-state index contributed by atoms with van der Waals surface area (Å²) in [5.41, 5.74) is 2.16. The van der Waals surface area contributed by atoms with Gasteiger partial charge in [-0.25, -0.2) is 0 Å². The van der Waals surface area contributed by atoms with Crippen molar-refractivity contribution in [2.45, 2.75) is 19.8 Å². The van der Waals surface area contributed by atoms with E-state index < -0.39 is 0 Å². The summed E-state index contributed by atoms with van der Waals surface area (Å²) in [6.45, 7) is 2.01. The lowest BCUT2D eigenvalue weighted by Gasteiger charge is -2.19. The lowest BCUT2D eigenvalue weighted by atomic mass is 9.84. The van der Waals surface area contributed by atoms with Crippen LogP contribution in [0.15, 0.2) is 24.3 Å². The summed E-state index contributed by atoms with van der Waals surface area (Å²) in [4.78, 5) is 11.6. The Morgan fingerprint density at radius 2 is 2.08 bits per heavy atom. The highest BCUT2D eigenvalue weighted by Gasteiger charge is 2.22. The maximum atomic E-state index is 11.6. The molecule has 1 atom stereocenters. The smallest absolute Gasteiger partial charge is 0.165 e. The third kappa shape index (κ3) is 1.06. The van der Waals surface area contributed by atoms with Gasteiger partial charge in [0.05, 0.1) is 0 Å². The van der Waals surface area contributed by atoms with E-state index in [2.05, 4.69) is 6.07 Å². The van der Waals surface area contributed by atoms with E-state index in [0.717, 1.165) is 18.4 Å². The molecule has 1 aliphatic carbocycles. The number of carbonyl (C=O) groups is 1. The molecule has 62 valence electrons. The van der Waals surface area contributed by atoms with Crippen molar-refractivity contribution in [3.63, 3.8) is 0 Å². The normalized spacial score (nSPS) is 22.1. The van der Waals surface area contributed by atoms with Crippen LogP contribution in [0.3, 0.4) is 0 Å². The summed E-state index contributed by atoms with van der Waals surface area (Å²) in [5.74, 6) is 0.539. The van der Waals surface area contributed by atoms with Crippen molar-refractivity contribution in [2.75, 3.05) is 0 Å². The third-order valence-corrected chi connectivity index (χ3v) is 2.58. The quantitative estimate of drug-likeness (QED) is 0.569.